The average molecular weight is 214 g/mol. The lowest BCUT2D eigenvalue weighted by atomic mass is 9.77. The molecule has 1 heterocycles. The van der Waals surface area contributed by atoms with Crippen LogP contribution in [0, 0.1) is 17.8 Å². The molecule has 1 aliphatic heterocycles. The van der Waals surface area contributed by atoms with Gasteiger partial charge in [0.15, 0.2) is 0 Å². The number of hydrogen-bond acceptors (Lipinski definition) is 3. The monoisotopic (exact) mass is 214 g/mol. The fraction of sp³-hybridized carbons (Fsp3) is 0.917. The van der Waals surface area contributed by atoms with Crippen molar-refractivity contribution in [3.05, 3.63) is 0 Å². The van der Waals surface area contributed by atoms with Crippen LogP contribution < -0.4 is 0 Å². The van der Waals surface area contributed by atoms with Crippen LogP contribution in [0.25, 0.3) is 0 Å². The molecule has 5 atom stereocenters. The third kappa shape index (κ3) is 2.94. The highest BCUT2D eigenvalue weighted by atomic mass is 16.6. The van der Waals surface area contributed by atoms with E-state index >= 15 is 0 Å². The van der Waals surface area contributed by atoms with Crippen LogP contribution in [0.15, 0.2) is 0 Å². The third-order valence-corrected chi connectivity index (χ3v) is 3.83. The van der Waals surface area contributed by atoms with Crippen molar-refractivity contribution in [2.75, 3.05) is 6.61 Å². The maximum Gasteiger partial charge on any atom is 0.302 e. The highest BCUT2D eigenvalue weighted by Crippen LogP contribution is 2.34. The Kier molecular flexibility index (Phi) is 4.14. The molecule has 3 heteroatoms. The van der Waals surface area contributed by atoms with Crippen LogP contribution >= 0.6 is 0 Å². The van der Waals surface area contributed by atoms with Crippen LogP contribution in [0.1, 0.15) is 34.6 Å². The zero-order valence-corrected chi connectivity index (χ0v) is 10.3. The molecule has 5 unspecified atom stereocenters. The summed E-state index contributed by atoms with van der Waals surface area (Å²) in [5.41, 5.74) is 0. The molecule has 3 nitrogen and oxygen atoms in total. The lowest BCUT2D eigenvalue weighted by Gasteiger charge is -2.42. The molecule has 0 aromatic rings. The molecule has 0 aliphatic carbocycles. The molecule has 1 aliphatic rings. The first-order valence-corrected chi connectivity index (χ1v) is 5.72. The molecular formula is C12H22O3. The highest BCUT2D eigenvalue weighted by molar-refractivity contribution is 5.65. The Bertz CT molecular complexity index is 227. The summed E-state index contributed by atoms with van der Waals surface area (Å²) in [4.78, 5) is 10.7. The van der Waals surface area contributed by atoms with Crippen LogP contribution in [0.5, 0.6) is 0 Å². The minimum absolute atomic E-state index is 0.0510. The number of esters is 1. The van der Waals surface area contributed by atoms with Gasteiger partial charge in [0.05, 0.1) is 12.2 Å². The van der Waals surface area contributed by atoms with Gasteiger partial charge in [0.2, 0.25) is 0 Å². The van der Waals surface area contributed by atoms with E-state index in [9.17, 15) is 4.79 Å². The molecule has 88 valence electrons. The number of ether oxygens (including phenoxy) is 2. The van der Waals surface area contributed by atoms with Gasteiger partial charge in [-0.25, -0.2) is 0 Å². The molecule has 1 saturated heterocycles. The molecule has 0 radical (unpaired) electrons. The molecule has 0 aromatic heterocycles. The van der Waals surface area contributed by atoms with Crippen molar-refractivity contribution in [2.45, 2.75) is 46.8 Å². The summed E-state index contributed by atoms with van der Waals surface area (Å²) >= 11 is 0. The van der Waals surface area contributed by atoms with Crippen molar-refractivity contribution >= 4 is 5.97 Å². The third-order valence-electron chi connectivity index (χ3n) is 3.83. The zero-order valence-electron chi connectivity index (χ0n) is 10.3. The lowest BCUT2D eigenvalue weighted by molar-refractivity contribution is -0.165. The van der Waals surface area contributed by atoms with Crippen molar-refractivity contribution in [1.29, 1.82) is 0 Å². The van der Waals surface area contributed by atoms with E-state index in [1.165, 1.54) is 6.92 Å². The SMILES string of the molecule is CC(=O)OCC1OC(C)C(C)C(C)C1C. The van der Waals surface area contributed by atoms with Gasteiger partial charge in [0.1, 0.15) is 6.61 Å². The van der Waals surface area contributed by atoms with E-state index in [1.54, 1.807) is 0 Å². The van der Waals surface area contributed by atoms with Gasteiger partial charge in [0.25, 0.3) is 0 Å². The van der Waals surface area contributed by atoms with Gasteiger partial charge in [-0.05, 0) is 24.7 Å². The molecule has 0 bridgehead atoms. The first kappa shape index (κ1) is 12.5. The molecular weight excluding hydrogens is 192 g/mol. The Labute approximate surface area is 92.1 Å². The van der Waals surface area contributed by atoms with Crippen LogP contribution in [-0.4, -0.2) is 24.8 Å². The van der Waals surface area contributed by atoms with Crippen LogP contribution in [-0.2, 0) is 14.3 Å². The predicted molar refractivity (Wildman–Crippen MR) is 58.5 cm³/mol. The largest absolute Gasteiger partial charge is 0.463 e. The summed E-state index contributed by atoms with van der Waals surface area (Å²) in [6.07, 6.45) is 0.298. The minimum Gasteiger partial charge on any atom is -0.463 e. The van der Waals surface area contributed by atoms with E-state index in [-0.39, 0.29) is 18.2 Å². The van der Waals surface area contributed by atoms with Crippen molar-refractivity contribution in [3.8, 4) is 0 Å². The Morgan fingerprint density at radius 1 is 1.13 bits per heavy atom. The van der Waals surface area contributed by atoms with Gasteiger partial charge in [0, 0.05) is 6.92 Å². The first-order valence-electron chi connectivity index (χ1n) is 5.72. The predicted octanol–water partition coefficient (Wildman–Crippen LogP) is 2.25. The quantitative estimate of drug-likeness (QED) is 0.661. The molecule has 0 N–H and O–H groups in total. The number of carbonyl (C=O) groups is 1. The first-order chi connectivity index (χ1) is 6.93. The molecule has 0 spiro atoms. The summed E-state index contributed by atoms with van der Waals surface area (Å²) in [6, 6.07) is 0. The van der Waals surface area contributed by atoms with E-state index in [2.05, 4.69) is 27.7 Å². The van der Waals surface area contributed by atoms with Crippen molar-refractivity contribution in [2.24, 2.45) is 17.8 Å². The number of hydrogen-bond donors (Lipinski definition) is 0. The van der Waals surface area contributed by atoms with E-state index in [4.69, 9.17) is 9.47 Å². The normalized spacial score (nSPS) is 41.3. The fourth-order valence-electron chi connectivity index (χ4n) is 2.16. The lowest BCUT2D eigenvalue weighted by Crippen LogP contribution is -2.45. The smallest absolute Gasteiger partial charge is 0.302 e. The summed E-state index contributed by atoms with van der Waals surface area (Å²) in [6.45, 7) is 10.5. The van der Waals surface area contributed by atoms with E-state index in [0.717, 1.165) is 0 Å². The van der Waals surface area contributed by atoms with Gasteiger partial charge < -0.3 is 9.47 Å². The molecule has 1 rings (SSSR count). The van der Waals surface area contributed by atoms with E-state index < -0.39 is 0 Å². The number of rotatable bonds is 2. The van der Waals surface area contributed by atoms with Crippen molar-refractivity contribution < 1.29 is 14.3 Å². The van der Waals surface area contributed by atoms with Crippen molar-refractivity contribution in [3.63, 3.8) is 0 Å². The van der Waals surface area contributed by atoms with Gasteiger partial charge in [-0.3, -0.25) is 4.79 Å². The summed E-state index contributed by atoms with van der Waals surface area (Å²) < 4.78 is 10.9. The molecule has 15 heavy (non-hydrogen) atoms. The Morgan fingerprint density at radius 2 is 1.73 bits per heavy atom. The van der Waals surface area contributed by atoms with Gasteiger partial charge >= 0.3 is 5.97 Å². The summed E-state index contributed by atoms with van der Waals surface area (Å²) in [5, 5.41) is 0. The average Bonchev–Trinajstić information content (AvgIpc) is 2.18. The second-order valence-corrected chi connectivity index (χ2v) is 4.76. The molecule has 1 fully saturated rings. The van der Waals surface area contributed by atoms with E-state index in [0.29, 0.717) is 24.4 Å². The second-order valence-electron chi connectivity index (χ2n) is 4.76. The van der Waals surface area contributed by atoms with Gasteiger partial charge in [-0.2, -0.15) is 0 Å². The molecule has 0 amide bonds. The van der Waals surface area contributed by atoms with Crippen LogP contribution in [0.4, 0.5) is 0 Å². The minimum atomic E-state index is -0.232. The Morgan fingerprint density at radius 3 is 2.27 bits per heavy atom. The van der Waals surface area contributed by atoms with Crippen LogP contribution in [0.3, 0.4) is 0 Å². The standard InChI is InChI=1S/C12H22O3/c1-7-8(2)10(4)15-12(9(7)3)6-14-11(5)13/h7-10,12H,6H2,1-5H3. The molecule has 0 aromatic carbocycles. The maximum absolute atomic E-state index is 10.7. The second kappa shape index (κ2) is 4.97. The van der Waals surface area contributed by atoms with E-state index in [1.807, 2.05) is 0 Å². The van der Waals surface area contributed by atoms with Gasteiger partial charge in [-0.1, -0.05) is 20.8 Å². The molecule has 0 saturated carbocycles. The Hall–Kier alpha value is -0.570. The summed E-state index contributed by atoms with van der Waals surface area (Å²) in [5.74, 6) is 1.38. The topological polar surface area (TPSA) is 35.5 Å². The van der Waals surface area contributed by atoms with Gasteiger partial charge in [-0.15, -0.1) is 0 Å². The number of carbonyl (C=O) groups excluding carboxylic acids is 1. The summed E-state index contributed by atoms with van der Waals surface area (Å²) in [7, 11) is 0. The zero-order chi connectivity index (χ0) is 11.6. The fourth-order valence-corrected chi connectivity index (χ4v) is 2.16. The van der Waals surface area contributed by atoms with Crippen molar-refractivity contribution in [1.82, 2.24) is 0 Å². The Balaban J connectivity index is 2.54. The maximum atomic E-state index is 10.7. The van der Waals surface area contributed by atoms with Crippen LogP contribution in [0.2, 0.25) is 0 Å². The highest BCUT2D eigenvalue weighted by Gasteiger charge is 2.37.